The standard InChI is InChI=1S/C21H29F3N2O4S/c1-25(15-16-6-3-2-4-7-16)20(27)17-10-12-26(13-11-17)31(28,29)19-9-5-8-18(14-19)30-21(22,23)24/h5,8-9,14,16-17H,2-4,6-7,10-13,15H2,1H3. The van der Waals surface area contributed by atoms with Gasteiger partial charge in [0.15, 0.2) is 0 Å². The van der Waals surface area contributed by atoms with Crippen molar-refractivity contribution < 1.29 is 31.1 Å². The van der Waals surface area contributed by atoms with E-state index in [-0.39, 0.29) is 29.8 Å². The maximum absolute atomic E-state index is 12.9. The second-order valence-corrected chi connectivity index (χ2v) is 10.4. The molecule has 6 nitrogen and oxygen atoms in total. The fraction of sp³-hybridized carbons (Fsp3) is 0.667. The van der Waals surface area contributed by atoms with Crippen LogP contribution >= 0.6 is 0 Å². The first-order valence-electron chi connectivity index (χ1n) is 10.7. The van der Waals surface area contributed by atoms with Gasteiger partial charge >= 0.3 is 6.36 Å². The molecule has 1 saturated heterocycles. The first-order valence-corrected chi connectivity index (χ1v) is 12.1. The van der Waals surface area contributed by atoms with Gasteiger partial charge in [0.05, 0.1) is 4.90 Å². The summed E-state index contributed by atoms with van der Waals surface area (Å²) in [6.45, 7) is 1.05. The number of sulfonamides is 1. The Balaban J connectivity index is 1.58. The number of alkyl halides is 3. The zero-order valence-electron chi connectivity index (χ0n) is 17.6. The molecule has 1 amide bonds. The van der Waals surface area contributed by atoms with Gasteiger partial charge in [0.25, 0.3) is 0 Å². The smallest absolute Gasteiger partial charge is 0.406 e. The third kappa shape index (κ3) is 6.35. The van der Waals surface area contributed by atoms with Crippen LogP contribution in [-0.4, -0.2) is 56.6 Å². The second-order valence-electron chi connectivity index (χ2n) is 8.42. The number of benzene rings is 1. The number of halogens is 3. The minimum atomic E-state index is -4.90. The van der Waals surface area contributed by atoms with Gasteiger partial charge in [-0.1, -0.05) is 25.3 Å². The van der Waals surface area contributed by atoms with Crippen molar-refractivity contribution in [3.8, 4) is 5.75 Å². The van der Waals surface area contributed by atoms with Crippen molar-refractivity contribution in [3.63, 3.8) is 0 Å². The van der Waals surface area contributed by atoms with Crippen LogP contribution in [0.5, 0.6) is 5.75 Å². The van der Waals surface area contributed by atoms with Crippen LogP contribution in [0.3, 0.4) is 0 Å². The SMILES string of the molecule is CN(CC1CCCCC1)C(=O)C1CCN(S(=O)(=O)c2cccc(OC(F)(F)F)c2)CC1. The molecular weight excluding hydrogens is 433 g/mol. The number of hydrogen-bond acceptors (Lipinski definition) is 4. The fourth-order valence-corrected chi connectivity index (χ4v) is 5.99. The lowest BCUT2D eigenvalue weighted by Gasteiger charge is -2.34. The van der Waals surface area contributed by atoms with E-state index in [4.69, 9.17) is 0 Å². The van der Waals surface area contributed by atoms with Gasteiger partial charge in [-0.15, -0.1) is 13.2 Å². The first-order chi connectivity index (χ1) is 14.6. The molecule has 31 heavy (non-hydrogen) atoms. The van der Waals surface area contributed by atoms with Gasteiger partial charge in [0.1, 0.15) is 5.75 Å². The minimum absolute atomic E-state index is 0.0446. The first kappa shape index (κ1) is 23.8. The third-order valence-corrected chi connectivity index (χ3v) is 8.01. The predicted octanol–water partition coefficient (Wildman–Crippen LogP) is 4.02. The van der Waals surface area contributed by atoms with Crippen molar-refractivity contribution in [2.45, 2.75) is 56.2 Å². The monoisotopic (exact) mass is 462 g/mol. The largest absolute Gasteiger partial charge is 0.573 e. The molecule has 0 radical (unpaired) electrons. The quantitative estimate of drug-likeness (QED) is 0.640. The third-order valence-electron chi connectivity index (χ3n) is 6.11. The molecule has 0 unspecified atom stereocenters. The molecule has 2 fully saturated rings. The fourth-order valence-electron chi connectivity index (χ4n) is 4.48. The molecule has 1 aliphatic carbocycles. The van der Waals surface area contributed by atoms with E-state index < -0.39 is 22.1 Å². The Hall–Kier alpha value is -1.81. The Labute approximate surface area is 181 Å². The van der Waals surface area contributed by atoms with E-state index >= 15 is 0 Å². The molecule has 0 N–H and O–H groups in total. The summed E-state index contributed by atoms with van der Waals surface area (Å²) >= 11 is 0. The summed E-state index contributed by atoms with van der Waals surface area (Å²) in [7, 11) is -2.16. The number of hydrogen-bond donors (Lipinski definition) is 0. The van der Waals surface area contributed by atoms with E-state index in [2.05, 4.69) is 4.74 Å². The van der Waals surface area contributed by atoms with Gasteiger partial charge in [0.2, 0.25) is 15.9 Å². The summed E-state index contributed by atoms with van der Waals surface area (Å²) in [5, 5.41) is 0. The molecule has 0 spiro atoms. The van der Waals surface area contributed by atoms with Gasteiger partial charge in [-0.3, -0.25) is 4.79 Å². The number of carbonyl (C=O) groups excluding carboxylic acids is 1. The highest BCUT2D eigenvalue weighted by molar-refractivity contribution is 7.89. The summed E-state index contributed by atoms with van der Waals surface area (Å²) in [5.74, 6) is -0.236. The van der Waals surface area contributed by atoms with Crippen molar-refractivity contribution in [1.29, 1.82) is 0 Å². The van der Waals surface area contributed by atoms with Gasteiger partial charge in [-0.05, 0) is 43.7 Å². The summed E-state index contributed by atoms with van der Waals surface area (Å²) in [5.41, 5.74) is 0. The van der Waals surface area contributed by atoms with Crippen molar-refractivity contribution in [2.75, 3.05) is 26.7 Å². The Kier molecular flexibility index (Phi) is 7.51. The molecule has 0 atom stereocenters. The molecule has 2 aliphatic rings. The van der Waals surface area contributed by atoms with Crippen molar-refractivity contribution >= 4 is 15.9 Å². The van der Waals surface area contributed by atoms with Crippen LogP contribution in [0.15, 0.2) is 29.2 Å². The van der Waals surface area contributed by atoms with E-state index in [9.17, 15) is 26.4 Å². The number of piperidine rings is 1. The van der Waals surface area contributed by atoms with Gasteiger partial charge in [0, 0.05) is 38.7 Å². The molecule has 10 heteroatoms. The Bertz CT molecular complexity index is 862. The van der Waals surface area contributed by atoms with E-state index in [1.165, 1.54) is 35.7 Å². The maximum atomic E-state index is 12.9. The molecule has 174 valence electrons. The lowest BCUT2D eigenvalue weighted by atomic mass is 9.88. The zero-order valence-corrected chi connectivity index (χ0v) is 18.4. The maximum Gasteiger partial charge on any atom is 0.573 e. The molecule has 1 aromatic rings. The van der Waals surface area contributed by atoms with Crippen LogP contribution in [0.4, 0.5) is 13.2 Å². The number of ether oxygens (including phenoxy) is 1. The molecule has 1 aliphatic heterocycles. The number of rotatable bonds is 6. The number of nitrogens with zero attached hydrogens (tertiary/aromatic N) is 2. The van der Waals surface area contributed by atoms with E-state index in [0.717, 1.165) is 31.5 Å². The van der Waals surface area contributed by atoms with Gasteiger partial charge in [-0.2, -0.15) is 4.31 Å². The Morgan fingerprint density at radius 2 is 1.77 bits per heavy atom. The Morgan fingerprint density at radius 1 is 1.13 bits per heavy atom. The Morgan fingerprint density at radius 3 is 2.39 bits per heavy atom. The summed E-state index contributed by atoms with van der Waals surface area (Å²) < 4.78 is 68.1. The highest BCUT2D eigenvalue weighted by Crippen LogP contribution is 2.30. The predicted molar refractivity (Wildman–Crippen MR) is 109 cm³/mol. The highest BCUT2D eigenvalue weighted by Gasteiger charge is 2.35. The van der Waals surface area contributed by atoms with Crippen LogP contribution in [0, 0.1) is 11.8 Å². The second kappa shape index (κ2) is 9.77. The summed E-state index contributed by atoms with van der Waals surface area (Å²) in [6, 6.07) is 4.38. The summed E-state index contributed by atoms with van der Waals surface area (Å²) in [6.07, 6.45) is 1.85. The van der Waals surface area contributed by atoms with E-state index in [1.54, 1.807) is 4.90 Å². The molecular formula is C21H29F3N2O4S. The summed E-state index contributed by atoms with van der Waals surface area (Å²) in [4.78, 5) is 14.3. The zero-order chi connectivity index (χ0) is 22.6. The molecule has 1 saturated carbocycles. The van der Waals surface area contributed by atoms with Gasteiger partial charge < -0.3 is 9.64 Å². The molecule has 0 bridgehead atoms. The molecule has 1 heterocycles. The van der Waals surface area contributed by atoms with Crippen LogP contribution in [0.25, 0.3) is 0 Å². The molecule has 1 aromatic carbocycles. The topological polar surface area (TPSA) is 66.9 Å². The number of carbonyl (C=O) groups is 1. The van der Waals surface area contributed by atoms with Crippen LogP contribution < -0.4 is 4.74 Å². The van der Waals surface area contributed by atoms with Crippen molar-refractivity contribution in [3.05, 3.63) is 24.3 Å². The minimum Gasteiger partial charge on any atom is -0.406 e. The van der Waals surface area contributed by atoms with E-state index in [1.807, 2.05) is 7.05 Å². The molecule has 0 aromatic heterocycles. The van der Waals surface area contributed by atoms with E-state index in [0.29, 0.717) is 18.8 Å². The highest BCUT2D eigenvalue weighted by atomic mass is 32.2. The lowest BCUT2D eigenvalue weighted by molar-refractivity contribution is -0.274. The normalized spacial score (nSPS) is 19.9. The van der Waals surface area contributed by atoms with Gasteiger partial charge in [-0.25, -0.2) is 8.42 Å². The van der Waals surface area contributed by atoms with Crippen molar-refractivity contribution in [2.24, 2.45) is 11.8 Å². The van der Waals surface area contributed by atoms with Crippen LogP contribution in [0.1, 0.15) is 44.9 Å². The van der Waals surface area contributed by atoms with Crippen LogP contribution in [-0.2, 0) is 14.8 Å². The average molecular weight is 463 g/mol. The molecule has 3 rings (SSSR count). The van der Waals surface area contributed by atoms with Crippen molar-refractivity contribution in [1.82, 2.24) is 9.21 Å². The van der Waals surface area contributed by atoms with Crippen LogP contribution in [0.2, 0.25) is 0 Å². The lowest BCUT2D eigenvalue weighted by Crippen LogP contribution is -2.44. The average Bonchev–Trinajstić information content (AvgIpc) is 2.73. The number of amides is 1.